The summed E-state index contributed by atoms with van der Waals surface area (Å²) in [5, 5.41) is 0. The number of halogens is 2. The molecule has 19 heavy (non-hydrogen) atoms. The van der Waals surface area contributed by atoms with Crippen molar-refractivity contribution >= 4 is 22.2 Å². The van der Waals surface area contributed by atoms with Crippen LogP contribution in [0.25, 0.3) is 0 Å². The van der Waals surface area contributed by atoms with Crippen LogP contribution < -0.4 is 0 Å². The molecule has 0 unspecified atom stereocenters. The molecule has 0 spiro atoms. The molecule has 0 bridgehead atoms. The summed E-state index contributed by atoms with van der Waals surface area (Å²) in [6, 6.07) is 3.62. The van der Waals surface area contributed by atoms with Gasteiger partial charge in [-0.15, -0.1) is 0 Å². The third kappa shape index (κ3) is 3.25. The predicted octanol–water partition coefficient (Wildman–Crippen LogP) is 5.47. The summed E-state index contributed by atoms with van der Waals surface area (Å²) in [7, 11) is 0. The minimum Gasteiger partial charge on any atom is -0.298 e. The molecule has 0 aromatic heterocycles. The lowest BCUT2D eigenvalue weighted by molar-refractivity contribution is 0.111. The second-order valence-corrected chi connectivity index (χ2v) is 6.34. The zero-order valence-electron chi connectivity index (χ0n) is 11.3. The smallest absolute Gasteiger partial charge is 0.154 e. The van der Waals surface area contributed by atoms with Crippen molar-refractivity contribution in [2.45, 2.75) is 51.4 Å². The van der Waals surface area contributed by atoms with Crippen molar-refractivity contribution in [3.8, 4) is 0 Å². The summed E-state index contributed by atoms with van der Waals surface area (Å²) >= 11 is 3.22. The fraction of sp³-hybridized carbons (Fsp3) is 0.562. The van der Waals surface area contributed by atoms with Gasteiger partial charge in [0.25, 0.3) is 0 Å². The molecule has 2 rings (SSSR count). The van der Waals surface area contributed by atoms with E-state index in [0.29, 0.717) is 10.8 Å². The Labute approximate surface area is 122 Å². The molecule has 1 nitrogen and oxygen atoms in total. The maximum atomic E-state index is 14.3. The normalized spacial score (nSPS) is 23.3. The number of rotatable bonds is 4. The van der Waals surface area contributed by atoms with Gasteiger partial charge in [0.15, 0.2) is 6.29 Å². The molecular formula is C16H20BrFO. The minimum absolute atomic E-state index is 0.160. The summed E-state index contributed by atoms with van der Waals surface area (Å²) in [5.41, 5.74) is 0.883. The molecule has 0 atom stereocenters. The Bertz CT molecular complexity index is 450. The summed E-state index contributed by atoms with van der Waals surface area (Å²) in [5.74, 6) is 0.758. The first-order valence-corrected chi connectivity index (χ1v) is 7.89. The highest BCUT2D eigenvalue weighted by Gasteiger charge is 2.25. The van der Waals surface area contributed by atoms with E-state index in [2.05, 4.69) is 22.9 Å². The van der Waals surface area contributed by atoms with Crippen LogP contribution in [0.1, 0.15) is 67.3 Å². The lowest BCUT2D eigenvalue weighted by atomic mass is 9.77. The van der Waals surface area contributed by atoms with Gasteiger partial charge in [0.05, 0.1) is 5.56 Å². The Morgan fingerprint density at radius 2 is 2.00 bits per heavy atom. The van der Waals surface area contributed by atoms with Crippen LogP contribution in [-0.2, 0) is 0 Å². The predicted molar refractivity (Wildman–Crippen MR) is 79.1 cm³/mol. The minimum atomic E-state index is -0.330. The van der Waals surface area contributed by atoms with E-state index < -0.39 is 0 Å². The van der Waals surface area contributed by atoms with Gasteiger partial charge in [-0.1, -0.05) is 25.8 Å². The first-order valence-electron chi connectivity index (χ1n) is 7.10. The standard InChI is InChI=1S/C16H20BrFO/c1-2-3-11-4-6-12(7-5-11)13-8-9-15(17)14(10-19)16(13)18/h8-12H,2-7H2,1H3. The van der Waals surface area contributed by atoms with Crippen LogP contribution in [0.3, 0.4) is 0 Å². The molecule has 0 amide bonds. The van der Waals surface area contributed by atoms with Crippen LogP contribution in [0.5, 0.6) is 0 Å². The number of benzene rings is 1. The molecular weight excluding hydrogens is 307 g/mol. The Kier molecular flexibility index (Phi) is 5.14. The van der Waals surface area contributed by atoms with E-state index in [4.69, 9.17) is 0 Å². The van der Waals surface area contributed by atoms with Gasteiger partial charge in [-0.05, 0) is 65.1 Å². The van der Waals surface area contributed by atoms with Crippen molar-refractivity contribution in [3.05, 3.63) is 33.5 Å². The van der Waals surface area contributed by atoms with Crippen LogP contribution in [0.15, 0.2) is 16.6 Å². The van der Waals surface area contributed by atoms with E-state index in [1.807, 2.05) is 6.07 Å². The Hall–Kier alpha value is -0.700. The van der Waals surface area contributed by atoms with Gasteiger partial charge in [0, 0.05) is 4.47 Å². The monoisotopic (exact) mass is 326 g/mol. The molecule has 0 heterocycles. The molecule has 0 aliphatic heterocycles. The fourth-order valence-electron chi connectivity index (χ4n) is 3.18. The summed E-state index contributed by atoms with van der Waals surface area (Å²) in [6.45, 7) is 2.22. The van der Waals surface area contributed by atoms with Gasteiger partial charge in [-0.25, -0.2) is 4.39 Å². The number of aldehydes is 1. The Morgan fingerprint density at radius 3 is 2.58 bits per heavy atom. The van der Waals surface area contributed by atoms with Gasteiger partial charge in [-0.2, -0.15) is 0 Å². The van der Waals surface area contributed by atoms with Crippen molar-refractivity contribution in [2.24, 2.45) is 5.92 Å². The highest BCUT2D eigenvalue weighted by atomic mass is 79.9. The third-order valence-corrected chi connectivity index (χ3v) is 4.95. The molecule has 0 radical (unpaired) electrons. The van der Waals surface area contributed by atoms with E-state index in [-0.39, 0.29) is 17.3 Å². The van der Waals surface area contributed by atoms with E-state index in [0.717, 1.165) is 24.3 Å². The zero-order chi connectivity index (χ0) is 13.8. The molecule has 104 valence electrons. The summed E-state index contributed by atoms with van der Waals surface area (Å²) in [4.78, 5) is 11.0. The second-order valence-electron chi connectivity index (χ2n) is 5.49. The number of carbonyl (C=O) groups is 1. The quantitative estimate of drug-likeness (QED) is 0.670. The number of hydrogen-bond donors (Lipinski definition) is 0. The van der Waals surface area contributed by atoms with Crippen molar-refractivity contribution in [2.75, 3.05) is 0 Å². The fourth-order valence-corrected chi connectivity index (χ4v) is 3.58. The first kappa shape index (κ1) is 14.7. The highest BCUT2D eigenvalue weighted by Crippen LogP contribution is 2.39. The Balaban J connectivity index is 2.14. The van der Waals surface area contributed by atoms with Crippen LogP contribution in [-0.4, -0.2) is 6.29 Å². The molecule has 1 saturated carbocycles. The van der Waals surface area contributed by atoms with Crippen LogP contribution in [0, 0.1) is 11.7 Å². The molecule has 1 aliphatic rings. The largest absolute Gasteiger partial charge is 0.298 e. The van der Waals surface area contributed by atoms with Crippen molar-refractivity contribution in [1.29, 1.82) is 0 Å². The Morgan fingerprint density at radius 1 is 1.32 bits per heavy atom. The van der Waals surface area contributed by atoms with Gasteiger partial charge in [0.1, 0.15) is 5.82 Å². The second kappa shape index (κ2) is 6.65. The molecule has 0 N–H and O–H groups in total. The first-order chi connectivity index (χ1) is 9.17. The molecule has 1 aromatic carbocycles. The molecule has 1 aromatic rings. The lowest BCUT2D eigenvalue weighted by Gasteiger charge is -2.29. The van der Waals surface area contributed by atoms with Crippen molar-refractivity contribution in [1.82, 2.24) is 0 Å². The van der Waals surface area contributed by atoms with Crippen LogP contribution >= 0.6 is 15.9 Å². The van der Waals surface area contributed by atoms with Gasteiger partial charge in [-0.3, -0.25) is 4.79 Å². The SMILES string of the molecule is CCCC1CCC(c2ccc(Br)c(C=O)c2F)CC1. The number of hydrogen-bond acceptors (Lipinski definition) is 1. The molecule has 1 aliphatic carbocycles. The molecule has 3 heteroatoms. The van der Waals surface area contributed by atoms with Gasteiger partial charge < -0.3 is 0 Å². The third-order valence-electron chi connectivity index (χ3n) is 4.26. The topological polar surface area (TPSA) is 17.1 Å². The maximum absolute atomic E-state index is 14.3. The average molecular weight is 327 g/mol. The summed E-state index contributed by atoms with van der Waals surface area (Å²) < 4.78 is 14.8. The molecule has 1 fully saturated rings. The van der Waals surface area contributed by atoms with Gasteiger partial charge >= 0.3 is 0 Å². The van der Waals surface area contributed by atoms with E-state index in [1.54, 1.807) is 6.07 Å². The van der Waals surface area contributed by atoms with Crippen LogP contribution in [0.4, 0.5) is 4.39 Å². The van der Waals surface area contributed by atoms with Crippen molar-refractivity contribution < 1.29 is 9.18 Å². The lowest BCUT2D eigenvalue weighted by Crippen LogP contribution is -2.14. The van der Waals surface area contributed by atoms with E-state index in [9.17, 15) is 9.18 Å². The van der Waals surface area contributed by atoms with Crippen LogP contribution in [0.2, 0.25) is 0 Å². The van der Waals surface area contributed by atoms with Crippen molar-refractivity contribution in [3.63, 3.8) is 0 Å². The summed E-state index contributed by atoms with van der Waals surface area (Å²) in [6.07, 6.45) is 7.58. The maximum Gasteiger partial charge on any atom is 0.154 e. The number of carbonyl (C=O) groups excluding carboxylic acids is 1. The van der Waals surface area contributed by atoms with E-state index >= 15 is 0 Å². The highest BCUT2D eigenvalue weighted by molar-refractivity contribution is 9.10. The van der Waals surface area contributed by atoms with E-state index in [1.165, 1.54) is 25.7 Å². The average Bonchev–Trinajstić information content (AvgIpc) is 2.41. The van der Waals surface area contributed by atoms with Gasteiger partial charge in [0.2, 0.25) is 0 Å². The molecule has 0 saturated heterocycles. The zero-order valence-corrected chi connectivity index (χ0v) is 12.9.